The molecule has 3 rings (SSSR count). The van der Waals surface area contributed by atoms with Gasteiger partial charge in [0.25, 0.3) is 0 Å². The topological polar surface area (TPSA) is 14.2 Å². The molecule has 1 aliphatic rings. The van der Waals surface area contributed by atoms with Crippen molar-refractivity contribution in [3.05, 3.63) is 71.6 Å². The van der Waals surface area contributed by atoms with Gasteiger partial charge < -0.3 is 9.30 Å². The van der Waals surface area contributed by atoms with Crippen molar-refractivity contribution in [2.75, 3.05) is 13.2 Å². The Kier molecular flexibility index (Phi) is 4.95. The van der Waals surface area contributed by atoms with Gasteiger partial charge in [0.15, 0.2) is 11.6 Å². The van der Waals surface area contributed by atoms with Crippen LogP contribution < -0.4 is 0 Å². The van der Waals surface area contributed by atoms with E-state index in [-0.39, 0.29) is 0 Å². The molecule has 0 aliphatic carbocycles. The van der Waals surface area contributed by atoms with Gasteiger partial charge in [0.2, 0.25) is 0 Å². The predicted octanol–water partition coefficient (Wildman–Crippen LogP) is 5.16. The average molecular weight is 329 g/mol. The molecular formula is C20H21F2NO. The second-order valence-corrected chi connectivity index (χ2v) is 6.05. The van der Waals surface area contributed by atoms with Gasteiger partial charge in [-0.3, -0.25) is 0 Å². The number of hydrogen-bond acceptors (Lipinski definition) is 1. The van der Waals surface area contributed by atoms with Crippen LogP contribution in [0.3, 0.4) is 0 Å². The summed E-state index contributed by atoms with van der Waals surface area (Å²) in [6, 6.07) is 6.18. The Morgan fingerprint density at radius 1 is 1.17 bits per heavy atom. The monoisotopic (exact) mass is 329 g/mol. The van der Waals surface area contributed by atoms with Gasteiger partial charge in [0.05, 0.1) is 0 Å². The van der Waals surface area contributed by atoms with Crippen LogP contribution >= 0.6 is 0 Å². The maximum Gasteiger partial charge on any atom is 0.160 e. The van der Waals surface area contributed by atoms with Crippen molar-refractivity contribution in [3.8, 4) is 5.69 Å². The summed E-state index contributed by atoms with van der Waals surface area (Å²) in [5.41, 5.74) is 3.81. The normalized spacial score (nSPS) is 16.0. The standard InChI is InChI=1S/C20H21F2NO/c1-3-4-5-19-14(2)12-20(15-8-10-24-11-9-15)23(19)16-6-7-17(21)18(22)13-16/h3-7,12-13,15H,1,8-11H2,2H3/b5-4-. The summed E-state index contributed by atoms with van der Waals surface area (Å²) in [6.07, 6.45) is 7.37. The number of halogens is 2. The molecule has 1 aromatic heterocycles. The van der Waals surface area contributed by atoms with Gasteiger partial charge in [-0.1, -0.05) is 18.7 Å². The van der Waals surface area contributed by atoms with Crippen molar-refractivity contribution in [2.24, 2.45) is 0 Å². The Morgan fingerprint density at radius 3 is 2.58 bits per heavy atom. The molecule has 0 N–H and O–H groups in total. The number of rotatable bonds is 4. The van der Waals surface area contributed by atoms with E-state index in [9.17, 15) is 8.78 Å². The fourth-order valence-corrected chi connectivity index (χ4v) is 3.25. The summed E-state index contributed by atoms with van der Waals surface area (Å²) < 4.78 is 34.6. The fourth-order valence-electron chi connectivity index (χ4n) is 3.25. The summed E-state index contributed by atoms with van der Waals surface area (Å²) in [6.45, 7) is 7.19. The molecule has 0 atom stereocenters. The summed E-state index contributed by atoms with van der Waals surface area (Å²) in [5, 5.41) is 0. The van der Waals surface area contributed by atoms with Crippen LogP contribution in [-0.2, 0) is 4.74 Å². The molecule has 1 fully saturated rings. The van der Waals surface area contributed by atoms with Crippen LogP contribution in [0.25, 0.3) is 11.8 Å². The van der Waals surface area contributed by atoms with E-state index in [0.29, 0.717) is 11.6 Å². The zero-order valence-electron chi connectivity index (χ0n) is 13.8. The van der Waals surface area contributed by atoms with Gasteiger partial charge in [0.1, 0.15) is 0 Å². The largest absolute Gasteiger partial charge is 0.381 e. The summed E-state index contributed by atoms with van der Waals surface area (Å²) in [4.78, 5) is 0. The van der Waals surface area contributed by atoms with Crippen LogP contribution in [0.5, 0.6) is 0 Å². The molecule has 0 radical (unpaired) electrons. The van der Waals surface area contributed by atoms with E-state index in [1.165, 1.54) is 12.1 Å². The fraction of sp³-hybridized carbons (Fsp3) is 0.300. The number of allylic oxidation sites excluding steroid dienone is 2. The first-order valence-electron chi connectivity index (χ1n) is 8.16. The molecule has 1 aromatic carbocycles. The van der Waals surface area contributed by atoms with Crippen molar-refractivity contribution in [2.45, 2.75) is 25.7 Å². The maximum atomic E-state index is 13.8. The van der Waals surface area contributed by atoms with E-state index in [0.717, 1.165) is 43.0 Å². The average Bonchev–Trinajstić information content (AvgIpc) is 2.93. The smallest absolute Gasteiger partial charge is 0.160 e. The van der Waals surface area contributed by atoms with E-state index in [1.807, 2.05) is 23.6 Å². The van der Waals surface area contributed by atoms with Crippen LogP contribution in [0.4, 0.5) is 8.78 Å². The number of hydrogen-bond donors (Lipinski definition) is 0. The molecule has 0 amide bonds. The third-order valence-corrected chi connectivity index (χ3v) is 4.46. The van der Waals surface area contributed by atoms with Gasteiger partial charge in [0, 0.05) is 42.3 Å². The summed E-state index contributed by atoms with van der Waals surface area (Å²) in [7, 11) is 0. The molecular weight excluding hydrogens is 308 g/mol. The molecule has 24 heavy (non-hydrogen) atoms. The lowest BCUT2D eigenvalue weighted by molar-refractivity contribution is 0.0842. The highest BCUT2D eigenvalue weighted by atomic mass is 19.2. The summed E-state index contributed by atoms with van der Waals surface area (Å²) in [5.74, 6) is -1.33. The van der Waals surface area contributed by atoms with E-state index in [4.69, 9.17) is 4.74 Å². The first kappa shape index (κ1) is 16.7. The molecule has 2 nitrogen and oxygen atoms in total. The maximum absolute atomic E-state index is 13.8. The highest BCUT2D eigenvalue weighted by molar-refractivity contribution is 5.58. The second-order valence-electron chi connectivity index (χ2n) is 6.05. The lowest BCUT2D eigenvalue weighted by Gasteiger charge is -2.24. The predicted molar refractivity (Wildman–Crippen MR) is 92.4 cm³/mol. The van der Waals surface area contributed by atoms with Crippen molar-refractivity contribution in [3.63, 3.8) is 0 Å². The van der Waals surface area contributed by atoms with Crippen molar-refractivity contribution in [1.29, 1.82) is 0 Å². The van der Waals surface area contributed by atoms with Crippen molar-refractivity contribution < 1.29 is 13.5 Å². The summed E-state index contributed by atoms with van der Waals surface area (Å²) >= 11 is 0. The van der Waals surface area contributed by atoms with Gasteiger partial charge in [-0.25, -0.2) is 8.78 Å². The van der Waals surface area contributed by atoms with Crippen LogP contribution in [0.1, 0.15) is 35.7 Å². The highest BCUT2D eigenvalue weighted by Gasteiger charge is 2.23. The van der Waals surface area contributed by atoms with Gasteiger partial charge in [-0.05, 0) is 49.6 Å². The molecule has 126 valence electrons. The molecule has 4 heteroatoms. The van der Waals surface area contributed by atoms with E-state index >= 15 is 0 Å². The van der Waals surface area contributed by atoms with Crippen LogP contribution in [-0.4, -0.2) is 17.8 Å². The minimum Gasteiger partial charge on any atom is -0.381 e. The number of ether oxygens (including phenoxy) is 1. The molecule has 0 bridgehead atoms. The zero-order chi connectivity index (χ0) is 17.1. The highest BCUT2D eigenvalue weighted by Crippen LogP contribution is 2.33. The Hall–Kier alpha value is -2.20. The molecule has 1 aliphatic heterocycles. The van der Waals surface area contributed by atoms with E-state index in [2.05, 4.69) is 12.6 Å². The quantitative estimate of drug-likeness (QED) is 0.707. The lowest BCUT2D eigenvalue weighted by atomic mass is 9.96. The zero-order valence-corrected chi connectivity index (χ0v) is 13.8. The number of aromatic nitrogens is 1. The van der Waals surface area contributed by atoms with Crippen LogP contribution in [0.15, 0.2) is 43.0 Å². The van der Waals surface area contributed by atoms with Gasteiger partial charge >= 0.3 is 0 Å². The van der Waals surface area contributed by atoms with Crippen molar-refractivity contribution >= 4 is 6.08 Å². The number of nitrogens with zero attached hydrogens (tertiary/aromatic N) is 1. The molecule has 2 aromatic rings. The first-order chi connectivity index (χ1) is 11.6. The van der Waals surface area contributed by atoms with E-state index in [1.54, 1.807) is 12.1 Å². The SMILES string of the molecule is C=C/C=C\c1c(C)cc(C2CCOCC2)n1-c1ccc(F)c(F)c1. The number of aryl methyl sites for hydroxylation is 1. The molecule has 2 heterocycles. The molecule has 0 unspecified atom stereocenters. The van der Waals surface area contributed by atoms with E-state index < -0.39 is 11.6 Å². The molecule has 1 saturated heterocycles. The van der Waals surface area contributed by atoms with Gasteiger partial charge in [-0.15, -0.1) is 0 Å². The Balaban J connectivity index is 2.16. The molecule has 0 spiro atoms. The van der Waals surface area contributed by atoms with Crippen molar-refractivity contribution in [1.82, 2.24) is 4.57 Å². The first-order valence-corrected chi connectivity index (χ1v) is 8.16. The number of benzene rings is 1. The second kappa shape index (κ2) is 7.14. The Bertz CT molecular complexity index is 770. The third kappa shape index (κ3) is 3.20. The third-order valence-electron chi connectivity index (χ3n) is 4.46. The van der Waals surface area contributed by atoms with Crippen LogP contribution in [0.2, 0.25) is 0 Å². The molecule has 0 saturated carbocycles. The lowest BCUT2D eigenvalue weighted by Crippen LogP contribution is -2.17. The minimum absolute atomic E-state index is 0.344. The Morgan fingerprint density at radius 2 is 1.92 bits per heavy atom. The van der Waals surface area contributed by atoms with Gasteiger partial charge in [-0.2, -0.15) is 0 Å². The Labute approximate surface area is 141 Å². The minimum atomic E-state index is -0.838. The van der Waals surface area contributed by atoms with Crippen LogP contribution in [0, 0.1) is 18.6 Å².